The number of rotatable bonds is 9. The van der Waals surface area contributed by atoms with Crippen LogP contribution in [0.15, 0.2) is 78.9 Å². The summed E-state index contributed by atoms with van der Waals surface area (Å²) in [5.41, 5.74) is 5.63. The maximum atomic E-state index is 12.8. The van der Waals surface area contributed by atoms with Crippen molar-refractivity contribution in [1.29, 1.82) is 0 Å². The number of nitrogens with zero attached hydrogens (tertiary/aromatic N) is 2. The van der Waals surface area contributed by atoms with E-state index in [0.717, 1.165) is 57.1 Å². The van der Waals surface area contributed by atoms with Crippen LogP contribution in [0, 0.1) is 0 Å². The second kappa shape index (κ2) is 11.8. The lowest BCUT2D eigenvalue weighted by molar-refractivity contribution is 0.0773. The number of hydrogen-bond acceptors (Lipinski definition) is 4. The quantitative estimate of drug-likeness (QED) is 0.487. The van der Waals surface area contributed by atoms with Crippen LogP contribution < -0.4 is 10.6 Å². The van der Waals surface area contributed by atoms with Gasteiger partial charge >= 0.3 is 0 Å². The minimum atomic E-state index is 0.0994. The molecule has 0 radical (unpaired) electrons. The highest BCUT2D eigenvalue weighted by molar-refractivity contribution is 5.94. The Hall–Kier alpha value is -3.15. The van der Waals surface area contributed by atoms with Crippen LogP contribution in [0.25, 0.3) is 0 Å². The van der Waals surface area contributed by atoms with E-state index in [4.69, 9.17) is 0 Å². The fourth-order valence-corrected chi connectivity index (χ4v) is 4.67. The minimum Gasteiger partial charge on any atom is -0.381 e. The summed E-state index contributed by atoms with van der Waals surface area (Å²) >= 11 is 0. The van der Waals surface area contributed by atoms with E-state index < -0.39 is 0 Å². The molecule has 3 aromatic carbocycles. The lowest BCUT2D eigenvalue weighted by Crippen LogP contribution is -2.45. The highest BCUT2D eigenvalue weighted by atomic mass is 16.2. The van der Waals surface area contributed by atoms with E-state index in [1.807, 2.05) is 36.9 Å². The molecule has 1 aliphatic rings. The molecular weight excluding hydrogens is 420 g/mol. The Bertz CT molecular complexity index is 1040. The average Bonchev–Trinajstić information content (AvgIpc) is 2.90. The van der Waals surface area contributed by atoms with Gasteiger partial charge in [0, 0.05) is 57.1 Å². The minimum absolute atomic E-state index is 0.0994. The Morgan fingerprint density at radius 3 is 2.29 bits per heavy atom. The molecule has 178 valence electrons. The van der Waals surface area contributed by atoms with E-state index in [2.05, 4.69) is 76.2 Å². The molecule has 5 heteroatoms. The molecule has 1 fully saturated rings. The van der Waals surface area contributed by atoms with Crippen molar-refractivity contribution < 1.29 is 4.79 Å². The molecule has 2 N–H and O–H groups in total. The number of hydrogen-bond donors (Lipinski definition) is 2. The predicted octanol–water partition coefficient (Wildman–Crippen LogP) is 4.78. The van der Waals surface area contributed by atoms with Crippen LogP contribution in [0.2, 0.25) is 0 Å². The van der Waals surface area contributed by atoms with E-state index in [1.54, 1.807) is 0 Å². The summed E-state index contributed by atoms with van der Waals surface area (Å²) in [5, 5.41) is 7.05. The molecule has 0 saturated carbocycles. The molecule has 0 aromatic heterocycles. The largest absolute Gasteiger partial charge is 0.381 e. The monoisotopic (exact) mass is 456 g/mol. The maximum absolute atomic E-state index is 12.8. The van der Waals surface area contributed by atoms with Gasteiger partial charge in [-0.15, -0.1) is 0 Å². The van der Waals surface area contributed by atoms with Gasteiger partial charge in [0.2, 0.25) is 0 Å². The molecule has 5 nitrogen and oxygen atoms in total. The molecule has 1 aliphatic heterocycles. The van der Waals surface area contributed by atoms with Crippen molar-refractivity contribution in [3.05, 3.63) is 101 Å². The first-order valence-corrected chi connectivity index (χ1v) is 12.4. The van der Waals surface area contributed by atoms with Crippen LogP contribution in [-0.4, -0.2) is 55.0 Å². The lowest BCUT2D eigenvalue weighted by atomic mass is 9.95. The fourth-order valence-electron chi connectivity index (χ4n) is 4.67. The molecular formula is C29H36N4O. The molecule has 0 aliphatic carbocycles. The number of anilines is 1. The Morgan fingerprint density at radius 1 is 0.912 bits per heavy atom. The number of nitrogens with one attached hydrogen (secondary N) is 2. The van der Waals surface area contributed by atoms with Gasteiger partial charge in [0.25, 0.3) is 5.91 Å². The van der Waals surface area contributed by atoms with Crippen LogP contribution in [0.1, 0.15) is 46.9 Å². The fraction of sp³-hybridized carbons (Fsp3) is 0.345. The first kappa shape index (κ1) is 24.0. The molecule has 34 heavy (non-hydrogen) atoms. The van der Waals surface area contributed by atoms with E-state index in [0.29, 0.717) is 0 Å². The second-order valence-electron chi connectivity index (χ2n) is 8.75. The molecule has 1 atom stereocenters. The molecule has 3 aromatic rings. The summed E-state index contributed by atoms with van der Waals surface area (Å²) in [6.07, 6.45) is 0. The first-order chi connectivity index (χ1) is 16.7. The summed E-state index contributed by atoms with van der Waals surface area (Å²) in [5.74, 6) is 0.0994. The van der Waals surface area contributed by atoms with Gasteiger partial charge in [0.1, 0.15) is 0 Å². The Labute approximate surface area is 203 Å². The van der Waals surface area contributed by atoms with Crippen LogP contribution in [0.3, 0.4) is 0 Å². The maximum Gasteiger partial charge on any atom is 0.253 e. The van der Waals surface area contributed by atoms with Crippen LogP contribution in [0.5, 0.6) is 0 Å². The summed E-state index contributed by atoms with van der Waals surface area (Å²) in [7, 11) is 0. The number of piperazine rings is 1. The Morgan fingerprint density at radius 2 is 1.62 bits per heavy atom. The van der Waals surface area contributed by atoms with Crippen molar-refractivity contribution in [3.63, 3.8) is 0 Å². The first-order valence-electron chi connectivity index (χ1n) is 12.4. The Kier molecular flexibility index (Phi) is 8.34. The molecule has 4 rings (SSSR count). The van der Waals surface area contributed by atoms with Crippen molar-refractivity contribution in [2.24, 2.45) is 0 Å². The number of carbonyl (C=O) groups excluding carboxylic acids is 1. The zero-order valence-electron chi connectivity index (χ0n) is 20.3. The average molecular weight is 457 g/mol. The summed E-state index contributed by atoms with van der Waals surface area (Å²) in [6, 6.07) is 27.6. The molecule has 0 spiro atoms. The number of carbonyl (C=O) groups is 1. The predicted molar refractivity (Wildman–Crippen MR) is 140 cm³/mol. The molecule has 0 unspecified atom stereocenters. The topological polar surface area (TPSA) is 47.6 Å². The zero-order chi connectivity index (χ0) is 23.8. The van der Waals surface area contributed by atoms with Gasteiger partial charge in [0.05, 0.1) is 6.04 Å². The van der Waals surface area contributed by atoms with E-state index in [9.17, 15) is 4.79 Å². The highest BCUT2D eigenvalue weighted by Crippen LogP contribution is 2.31. The van der Waals surface area contributed by atoms with Gasteiger partial charge in [0.15, 0.2) is 0 Å². The highest BCUT2D eigenvalue weighted by Gasteiger charge is 2.24. The number of benzene rings is 3. The van der Waals surface area contributed by atoms with Gasteiger partial charge in [-0.25, -0.2) is 0 Å². The van der Waals surface area contributed by atoms with Crippen molar-refractivity contribution in [2.45, 2.75) is 26.4 Å². The molecule has 1 saturated heterocycles. The molecule has 0 bridgehead atoms. The third-order valence-electron chi connectivity index (χ3n) is 6.58. The summed E-state index contributed by atoms with van der Waals surface area (Å²) < 4.78 is 0. The van der Waals surface area contributed by atoms with Crippen LogP contribution in [-0.2, 0) is 6.54 Å². The van der Waals surface area contributed by atoms with Crippen molar-refractivity contribution in [2.75, 3.05) is 44.6 Å². The zero-order valence-corrected chi connectivity index (χ0v) is 20.3. The van der Waals surface area contributed by atoms with Crippen LogP contribution >= 0.6 is 0 Å². The summed E-state index contributed by atoms with van der Waals surface area (Å²) in [6.45, 7) is 10.3. The summed E-state index contributed by atoms with van der Waals surface area (Å²) in [4.78, 5) is 17.2. The number of amides is 1. The van der Waals surface area contributed by atoms with Gasteiger partial charge < -0.3 is 15.5 Å². The molecule has 1 heterocycles. The van der Waals surface area contributed by atoms with E-state index >= 15 is 0 Å². The van der Waals surface area contributed by atoms with Crippen molar-refractivity contribution >= 4 is 11.6 Å². The lowest BCUT2D eigenvalue weighted by Gasteiger charge is -2.36. The van der Waals surface area contributed by atoms with Crippen LogP contribution in [0.4, 0.5) is 5.69 Å². The molecule has 1 amide bonds. The smallest absolute Gasteiger partial charge is 0.253 e. The van der Waals surface area contributed by atoms with E-state index in [-0.39, 0.29) is 11.9 Å². The van der Waals surface area contributed by atoms with Gasteiger partial charge in [-0.3, -0.25) is 9.69 Å². The van der Waals surface area contributed by atoms with E-state index in [1.165, 1.54) is 16.7 Å². The second-order valence-corrected chi connectivity index (χ2v) is 8.75. The third-order valence-corrected chi connectivity index (χ3v) is 6.58. The SMILES string of the molecule is CCN(CC)C(=O)c1ccc([C@H](c2cccc(NCc3ccccc3)c2)N2CCNCC2)cc1. The van der Waals surface area contributed by atoms with Gasteiger partial charge in [-0.2, -0.15) is 0 Å². The van der Waals surface area contributed by atoms with Crippen molar-refractivity contribution in [1.82, 2.24) is 15.1 Å². The Balaban J connectivity index is 1.59. The van der Waals surface area contributed by atoms with Crippen molar-refractivity contribution in [3.8, 4) is 0 Å². The van der Waals surface area contributed by atoms with Gasteiger partial charge in [-0.1, -0.05) is 54.6 Å². The standard InChI is InChI=1S/C29H36N4O/c1-3-32(4-2)29(34)25-15-13-24(14-16-25)28(33-19-17-30-18-20-33)26-11-8-12-27(21-26)31-22-23-9-6-5-7-10-23/h5-16,21,28,30-31H,3-4,17-20,22H2,1-2H3/t28-/m1/s1. The third kappa shape index (κ3) is 5.85. The van der Waals surface area contributed by atoms with Gasteiger partial charge in [-0.05, 0) is 54.8 Å². The normalized spacial score (nSPS) is 15.0.